The van der Waals surface area contributed by atoms with Gasteiger partial charge in [-0.2, -0.15) is 5.26 Å². The highest BCUT2D eigenvalue weighted by Crippen LogP contribution is 2.40. The Labute approximate surface area is 184 Å². The molecular formula is C23H21N5O2S. The maximum Gasteiger partial charge on any atom is 0.226 e. The number of ketones is 1. The first kappa shape index (κ1) is 20.6. The summed E-state index contributed by atoms with van der Waals surface area (Å²) in [5.74, 6) is -0.141. The first-order valence-corrected chi connectivity index (χ1v) is 10.6. The molecule has 2 aromatic carbocycles. The van der Waals surface area contributed by atoms with Gasteiger partial charge in [0.05, 0.1) is 21.6 Å². The lowest BCUT2D eigenvalue weighted by molar-refractivity contribution is -0.120. The highest BCUT2D eigenvalue weighted by molar-refractivity contribution is 7.22. The molecular weight excluding hydrogens is 410 g/mol. The second-order valence-electron chi connectivity index (χ2n) is 7.38. The number of rotatable bonds is 5. The third kappa shape index (κ3) is 3.88. The van der Waals surface area contributed by atoms with Crippen molar-refractivity contribution in [1.29, 1.82) is 5.26 Å². The molecule has 156 valence electrons. The van der Waals surface area contributed by atoms with Crippen LogP contribution >= 0.6 is 11.3 Å². The molecule has 8 heteroatoms. The molecule has 0 atom stereocenters. The zero-order valence-corrected chi connectivity index (χ0v) is 18.3. The van der Waals surface area contributed by atoms with E-state index in [4.69, 9.17) is 0 Å². The first-order chi connectivity index (χ1) is 14.9. The van der Waals surface area contributed by atoms with Crippen molar-refractivity contribution in [1.82, 2.24) is 4.98 Å². The van der Waals surface area contributed by atoms with E-state index in [1.807, 2.05) is 79.4 Å². The van der Waals surface area contributed by atoms with Gasteiger partial charge in [0.25, 0.3) is 0 Å². The summed E-state index contributed by atoms with van der Waals surface area (Å²) < 4.78 is 0.995. The SMILES string of the molecule is Cc1ccc2nc(NC(=O)CCC(=O)C(C#N)=C3N(C)c4ccccc4N3C)sc2c1. The Bertz CT molecular complexity index is 1240. The van der Waals surface area contributed by atoms with Crippen LogP contribution in [0.1, 0.15) is 18.4 Å². The molecule has 0 spiro atoms. The van der Waals surface area contributed by atoms with Gasteiger partial charge in [-0.05, 0) is 36.8 Å². The van der Waals surface area contributed by atoms with Gasteiger partial charge in [-0.15, -0.1) is 0 Å². The van der Waals surface area contributed by atoms with E-state index in [0.29, 0.717) is 11.0 Å². The number of amides is 1. The van der Waals surface area contributed by atoms with E-state index in [-0.39, 0.29) is 30.1 Å². The number of thiazole rings is 1. The number of nitriles is 1. The number of nitrogens with zero attached hydrogens (tertiary/aromatic N) is 4. The van der Waals surface area contributed by atoms with Crippen LogP contribution in [0.25, 0.3) is 10.2 Å². The second kappa shape index (κ2) is 8.20. The standard InChI is InChI=1S/C23H21N5O2S/c1-14-8-9-16-20(12-14)31-23(25-16)26-21(30)11-10-19(29)15(13-24)22-27(2)17-6-4-5-7-18(17)28(22)3/h4-9,12H,10-11H2,1-3H3,(H,25,26,30). The Balaban J connectivity index is 1.45. The minimum Gasteiger partial charge on any atom is -0.328 e. The van der Waals surface area contributed by atoms with Crippen LogP contribution in [0.5, 0.6) is 0 Å². The van der Waals surface area contributed by atoms with Gasteiger partial charge < -0.3 is 15.1 Å². The summed E-state index contributed by atoms with van der Waals surface area (Å²) >= 11 is 1.40. The van der Waals surface area contributed by atoms with Crippen molar-refractivity contribution in [2.45, 2.75) is 19.8 Å². The maximum atomic E-state index is 12.8. The molecule has 2 heterocycles. The summed E-state index contributed by atoms with van der Waals surface area (Å²) in [6, 6.07) is 15.6. The Morgan fingerprint density at radius 3 is 2.42 bits per heavy atom. The lowest BCUT2D eigenvalue weighted by Gasteiger charge is -2.19. The molecule has 1 aliphatic rings. The average Bonchev–Trinajstić information content (AvgIpc) is 3.26. The minimum absolute atomic E-state index is 0.0212. The Morgan fingerprint density at radius 1 is 1.10 bits per heavy atom. The number of hydrogen-bond acceptors (Lipinski definition) is 7. The number of aromatic nitrogens is 1. The zero-order chi connectivity index (χ0) is 22.1. The van der Waals surface area contributed by atoms with Crippen LogP contribution in [-0.2, 0) is 9.59 Å². The molecule has 0 unspecified atom stereocenters. The van der Waals surface area contributed by atoms with Crippen molar-refractivity contribution >= 4 is 49.8 Å². The number of nitrogens with one attached hydrogen (secondary N) is 1. The fourth-order valence-corrected chi connectivity index (χ4v) is 4.66. The molecule has 0 aliphatic carbocycles. The van der Waals surface area contributed by atoms with Crippen molar-refractivity contribution < 1.29 is 9.59 Å². The van der Waals surface area contributed by atoms with Gasteiger partial charge in [-0.25, -0.2) is 4.98 Å². The van der Waals surface area contributed by atoms with Crippen molar-refractivity contribution in [3.05, 3.63) is 59.4 Å². The van der Waals surface area contributed by atoms with Crippen molar-refractivity contribution in [3.8, 4) is 6.07 Å². The summed E-state index contributed by atoms with van der Waals surface area (Å²) in [4.78, 5) is 33.3. The van der Waals surface area contributed by atoms with Gasteiger partial charge in [0, 0.05) is 26.9 Å². The van der Waals surface area contributed by atoms with Crippen LogP contribution in [0.3, 0.4) is 0 Å². The monoisotopic (exact) mass is 431 g/mol. The molecule has 1 amide bonds. The van der Waals surface area contributed by atoms with E-state index < -0.39 is 0 Å². The second-order valence-corrected chi connectivity index (χ2v) is 8.41. The quantitative estimate of drug-likeness (QED) is 0.481. The largest absolute Gasteiger partial charge is 0.328 e. The van der Waals surface area contributed by atoms with E-state index in [9.17, 15) is 14.9 Å². The van der Waals surface area contributed by atoms with Gasteiger partial charge in [0.1, 0.15) is 17.5 Å². The molecule has 7 nitrogen and oxygen atoms in total. The number of para-hydroxylation sites is 2. The third-order valence-electron chi connectivity index (χ3n) is 5.22. The van der Waals surface area contributed by atoms with Crippen LogP contribution in [0.15, 0.2) is 53.9 Å². The Kier molecular flexibility index (Phi) is 5.44. The molecule has 0 saturated heterocycles. The van der Waals surface area contributed by atoms with E-state index in [1.165, 1.54) is 11.3 Å². The molecule has 1 N–H and O–H groups in total. The van der Waals surface area contributed by atoms with Crippen LogP contribution in [0, 0.1) is 18.3 Å². The molecule has 0 radical (unpaired) electrons. The molecule has 4 rings (SSSR count). The van der Waals surface area contributed by atoms with Crippen LogP contribution < -0.4 is 15.1 Å². The van der Waals surface area contributed by atoms with Gasteiger partial charge in [0.15, 0.2) is 10.9 Å². The number of benzene rings is 2. The van der Waals surface area contributed by atoms with Gasteiger partial charge in [-0.3, -0.25) is 9.59 Å². The van der Waals surface area contributed by atoms with Crippen molar-refractivity contribution in [3.63, 3.8) is 0 Å². The lowest BCUT2D eigenvalue weighted by atomic mass is 10.1. The summed E-state index contributed by atoms with van der Waals surface area (Å²) in [6.07, 6.45) is -0.0765. The highest BCUT2D eigenvalue weighted by Gasteiger charge is 2.31. The fourth-order valence-electron chi connectivity index (χ4n) is 3.68. The molecule has 1 aromatic heterocycles. The Hall–Kier alpha value is -3.70. The Morgan fingerprint density at radius 2 is 1.77 bits per heavy atom. The number of allylic oxidation sites excluding steroid dienone is 1. The number of carbonyl (C=O) groups excluding carboxylic acids is 2. The summed E-state index contributed by atoms with van der Waals surface area (Å²) in [5, 5.41) is 12.9. The lowest BCUT2D eigenvalue weighted by Crippen LogP contribution is -2.26. The smallest absolute Gasteiger partial charge is 0.226 e. The zero-order valence-electron chi connectivity index (χ0n) is 17.5. The van der Waals surface area contributed by atoms with E-state index >= 15 is 0 Å². The molecule has 31 heavy (non-hydrogen) atoms. The summed E-state index contributed by atoms with van der Waals surface area (Å²) in [5.41, 5.74) is 3.84. The highest BCUT2D eigenvalue weighted by atomic mass is 32.1. The van der Waals surface area contributed by atoms with E-state index in [1.54, 1.807) is 0 Å². The molecule has 0 saturated carbocycles. The number of Topliss-reactive ketones (excluding diaryl/α,β-unsaturated/α-hetero) is 1. The first-order valence-electron chi connectivity index (χ1n) is 9.80. The van der Waals surface area contributed by atoms with Crippen molar-refractivity contribution in [2.24, 2.45) is 0 Å². The van der Waals surface area contributed by atoms with Gasteiger partial charge >= 0.3 is 0 Å². The predicted molar refractivity (Wildman–Crippen MR) is 123 cm³/mol. The molecule has 3 aromatic rings. The normalized spacial score (nSPS) is 12.6. The number of hydrogen-bond donors (Lipinski definition) is 1. The molecule has 0 fully saturated rings. The van der Waals surface area contributed by atoms with Crippen LogP contribution in [-0.4, -0.2) is 30.8 Å². The topological polar surface area (TPSA) is 89.3 Å². The van der Waals surface area contributed by atoms with Gasteiger partial charge in [-0.1, -0.05) is 29.5 Å². The molecule has 0 bridgehead atoms. The van der Waals surface area contributed by atoms with Gasteiger partial charge in [0.2, 0.25) is 5.91 Å². The van der Waals surface area contributed by atoms with Crippen LogP contribution in [0.4, 0.5) is 16.5 Å². The van der Waals surface area contributed by atoms with E-state index in [0.717, 1.165) is 27.2 Å². The van der Waals surface area contributed by atoms with Crippen molar-refractivity contribution in [2.75, 3.05) is 29.2 Å². The average molecular weight is 432 g/mol. The fraction of sp³-hybridized carbons (Fsp3) is 0.217. The summed E-state index contributed by atoms with van der Waals surface area (Å²) in [7, 11) is 3.65. The minimum atomic E-state index is -0.362. The number of carbonyl (C=O) groups is 2. The predicted octanol–water partition coefficient (Wildman–Crippen LogP) is 4.21. The number of aryl methyl sites for hydroxylation is 1. The third-order valence-corrected chi connectivity index (χ3v) is 6.16. The molecule has 1 aliphatic heterocycles. The number of anilines is 3. The maximum absolute atomic E-state index is 12.8. The summed E-state index contributed by atoms with van der Waals surface area (Å²) in [6.45, 7) is 2.00. The number of fused-ring (bicyclic) bond motifs is 2. The van der Waals surface area contributed by atoms with E-state index in [2.05, 4.69) is 10.3 Å². The van der Waals surface area contributed by atoms with Crippen LogP contribution in [0.2, 0.25) is 0 Å².